The summed E-state index contributed by atoms with van der Waals surface area (Å²) in [5.41, 5.74) is 10.3. The smallest absolute Gasteiger partial charge is 0.164 e. The van der Waals surface area contributed by atoms with Crippen LogP contribution in [0, 0.1) is 0 Å². The Balaban J connectivity index is 1.12. The Labute approximate surface area is 331 Å². The van der Waals surface area contributed by atoms with Gasteiger partial charge in [0, 0.05) is 46.7 Å². The molecule has 0 amide bonds. The first-order chi connectivity index (χ1) is 27.5. The van der Waals surface area contributed by atoms with Gasteiger partial charge in [-0.15, -0.1) is 11.3 Å². The maximum Gasteiger partial charge on any atom is 0.164 e. The number of hydrogen-bond donors (Lipinski definition) is 0. The Hall–Kier alpha value is -6.40. The Bertz CT molecular complexity index is 3170. The Morgan fingerprint density at radius 1 is 0.375 bits per heavy atom. The van der Waals surface area contributed by atoms with Crippen LogP contribution in [0.2, 0.25) is 0 Å². The highest BCUT2D eigenvalue weighted by Gasteiger charge is 2.35. The fourth-order valence-corrected chi connectivity index (χ4v) is 12.4. The molecule has 8 aromatic carbocycles. The van der Waals surface area contributed by atoms with Crippen molar-refractivity contribution in [3.63, 3.8) is 0 Å². The van der Waals surface area contributed by atoms with Crippen LogP contribution < -0.4 is 0 Å². The van der Waals surface area contributed by atoms with Crippen LogP contribution >= 0.6 is 21.4 Å². The van der Waals surface area contributed by atoms with Crippen molar-refractivity contribution in [1.29, 1.82) is 0 Å². The van der Waals surface area contributed by atoms with Crippen LogP contribution in [0.5, 0.6) is 0 Å². The summed E-state index contributed by atoms with van der Waals surface area (Å²) in [5.74, 6) is 1.98. The van der Waals surface area contributed by atoms with Gasteiger partial charge in [0.1, 0.15) is 0 Å². The quantitative estimate of drug-likeness (QED) is 0.176. The number of hydrogen-bond acceptors (Lipinski definition) is 4. The average Bonchev–Trinajstić information content (AvgIpc) is 3.74. The van der Waals surface area contributed by atoms with E-state index < -0.39 is 10.0 Å². The topological polar surface area (TPSA) is 38.7 Å². The third kappa shape index (κ3) is 5.38. The summed E-state index contributed by atoms with van der Waals surface area (Å²) < 4.78 is 2.61. The van der Waals surface area contributed by atoms with Crippen LogP contribution in [0.1, 0.15) is 0 Å². The summed E-state index contributed by atoms with van der Waals surface area (Å²) >= 11 is 1.86. The van der Waals surface area contributed by atoms with Crippen molar-refractivity contribution < 1.29 is 0 Å². The van der Waals surface area contributed by atoms with E-state index in [0.29, 0.717) is 17.5 Å². The van der Waals surface area contributed by atoms with Crippen LogP contribution in [-0.2, 0) is 0 Å². The molecule has 3 nitrogen and oxygen atoms in total. The zero-order valence-corrected chi connectivity index (χ0v) is 32.5. The van der Waals surface area contributed by atoms with Gasteiger partial charge in [0.2, 0.25) is 0 Å². The monoisotopic (exact) mass is 753 g/mol. The van der Waals surface area contributed by atoms with Crippen molar-refractivity contribution in [2.45, 2.75) is 9.79 Å². The van der Waals surface area contributed by atoms with Gasteiger partial charge in [-0.25, -0.2) is 15.0 Å². The molecule has 3 heterocycles. The van der Waals surface area contributed by atoms with Crippen molar-refractivity contribution >= 4 is 52.3 Å². The molecule has 0 saturated carbocycles. The molecule has 0 aliphatic carbocycles. The summed E-state index contributed by atoms with van der Waals surface area (Å²) in [4.78, 5) is 18.5. The molecule has 0 N–H and O–H groups in total. The van der Waals surface area contributed by atoms with E-state index in [1.54, 1.807) is 0 Å². The third-order valence-corrected chi connectivity index (χ3v) is 15.2. The molecular formula is C51H35N3S2. The fourth-order valence-electron chi connectivity index (χ4n) is 8.41. The second-order valence-electron chi connectivity index (χ2n) is 14.8. The summed E-state index contributed by atoms with van der Waals surface area (Å²) in [5, 5.41) is 4.94. The van der Waals surface area contributed by atoms with E-state index in [1.807, 2.05) is 29.5 Å². The van der Waals surface area contributed by atoms with Gasteiger partial charge in [-0.05, 0) is 99.1 Å². The van der Waals surface area contributed by atoms with Crippen molar-refractivity contribution in [2.75, 3.05) is 12.5 Å². The molecule has 1 aliphatic heterocycles. The number of benzene rings is 8. The van der Waals surface area contributed by atoms with Crippen molar-refractivity contribution in [1.82, 2.24) is 15.0 Å². The molecule has 266 valence electrons. The van der Waals surface area contributed by atoms with Gasteiger partial charge in [-0.3, -0.25) is 0 Å². The predicted octanol–water partition coefficient (Wildman–Crippen LogP) is 14.2. The standard InChI is InChI=1S/C51H35N3S2/c1-56(2)47-20-12-10-18-42(47)44-30-39(29-43(48(44)56)37-25-26-41-40-17-9-11-19-45(40)55-46(41)31-37)51-53-49(33-15-7-4-8-16-33)52-50(54-51)38-24-23-35-27-34(21-22-36(35)28-38)32-13-5-3-6-14-32/h3-31H,1-2H3. The molecule has 0 unspecified atom stereocenters. The number of nitrogens with zero attached hydrogens (tertiary/aromatic N) is 3. The van der Waals surface area contributed by atoms with Gasteiger partial charge in [-0.1, -0.05) is 133 Å². The van der Waals surface area contributed by atoms with Gasteiger partial charge in [0.15, 0.2) is 17.5 Å². The molecular weight excluding hydrogens is 719 g/mol. The van der Waals surface area contributed by atoms with Gasteiger partial charge in [-0.2, -0.15) is 10.0 Å². The maximum atomic E-state index is 5.29. The first-order valence-electron chi connectivity index (χ1n) is 18.8. The zero-order valence-electron chi connectivity index (χ0n) is 30.9. The van der Waals surface area contributed by atoms with E-state index in [9.17, 15) is 0 Å². The lowest BCUT2D eigenvalue weighted by molar-refractivity contribution is 1.07. The van der Waals surface area contributed by atoms with Gasteiger partial charge < -0.3 is 0 Å². The molecule has 0 saturated heterocycles. The van der Waals surface area contributed by atoms with Crippen molar-refractivity contribution in [3.8, 4) is 67.5 Å². The summed E-state index contributed by atoms with van der Waals surface area (Å²) in [6.45, 7) is 0. The van der Waals surface area contributed by atoms with Crippen LogP contribution in [-0.4, -0.2) is 27.5 Å². The normalized spacial score (nSPS) is 13.5. The van der Waals surface area contributed by atoms with E-state index in [0.717, 1.165) is 22.1 Å². The lowest BCUT2D eigenvalue weighted by atomic mass is 9.95. The number of aromatic nitrogens is 3. The average molecular weight is 754 g/mol. The van der Waals surface area contributed by atoms with Gasteiger partial charge in [0.05, 0.1) is 0 Å². The minimum absolute atomic E-state index is 0.656. The van der Waals surface area contributed by atoms with Crippen LogP contribution in [0.4, 0.5) is 0 Å². The lowest BCUT2D eigenvalue weighted by Gasteiger charge is -2.30. The molecule has 5 heteroatoms. The van der Waals surface area contributed by atoms with E-state index in [2.05, 4.69) is 170 Å². The van der Waals surface area contributed by atoms with Crippen molar-refractivity contribution in [2.24, 2.45) is 0 Å². The van der Waals surface area contributed by atoms with Gasteiger partial charge >= 0.3 is 0 Å². The predicted molar refractivity (Wildman–Crippen MR) is 239 cm³/mol. The maximum absolute atomic E-state index is 5.29. The number of thiophene rings is 1. The lowest BCUT2D eigenvalue weighted by Crippen LogP contribution is -2.01. The fraction of sp³-hybridized carbons (Fsp3) is 0.0392. The van der Waals surface area contributed by atoms with E-state index in [1.165, 1.54) is 68.7 Å². The first-order valence-corrected chi connectivity index (χ1v) is 22.1. The second-order valence-corrected chi connectivity index (χ2v) is 19.4. The highest BCUT2D eigenvalue weighted by atomic mass is 32.3. The second kappa shape index (κ2) is 12.8. The Morgan fingerprint density at radius 2 is 0.946 bits per heavy atom. The number of rotatable bonds is 5. The molecule has 0 spiro atoms. The molecule has 56 heavy (non-hydrogen) atoms. The molecule has 2 aromatic heterocycles. The zero-order chi connectivity index (χ0) is 37.4. The number of fused-ring (bicyclic) bond motifs is 7. The molecule has 1 aliphatic rings. The van der Waals surface area contributed by atoms with E-state index >= 15 is 0 Å². The van der Waals surface area contributed by atoms with Crippen LogP contribution in [0.25, 0.3) is 98.5 Å². The highest BCUT2D eigenvalue weighted by molar-refractivity contribution is 8.33. The van der Waals surface area contributed by atoms with Crippen molar-refractivity contribution in [3.05, 3.63) is 176 Å². The summed E-state index contributed by atoms with van der Waals surface area (Å²) in [6.07, 6.45) is 4.88. The van der Waals surface area contributed by atoms with E-state index in [-0.39, 0.29) is 0 Å². The molecule has 0 atom stereocenters. The SMILES string of the molecule is CS1(C)c2ccccc2-c2cc(-c3nc(-c4ccccc4)nc(-c4ccc5cc(-c6ccccc6)ccc5c4)n3)cc(-c3ccc4c(c3)sc3ccccc34)c21. The van der Waals surface area contributed by atoms with Crippen LogP contribution in [0.15, 0.2) is 186 Å². The Morgan fingerprint density at radius 3 is 1.73 bits per heavy atom. The molecule has 0 bridgehead atoms. The van der Waals surface area contributed by atoms with Crippen LogP contribution in [0.3, 0.4) is 0 Å². The largest absolute Gasteiger partial charge is 0.208 e. The minimum Gasteiger partial charge on any atom is -0.208 e. The summed E-state index contributed by atoms with van der Waals surface area (Å²) in [6, 6.07) is 63.3. The molecule has 0 fully saturated rings. The molecule has 10 aromatic rings. The highest BCUT2D eigenvalue weighted by Crippen LogP contribution is 2.69. The minimum atomic E-state index is -1.31. The third-order valence-electron chi connectivity index (χ3n) is 11.1. The molecule has 11 rings (SSSR count). The van der Waals surface area contributed by atoms with E-state index in [4.69, 9.17) is 15.0 Å². The Kier molecular flexibility index (Phi) is 7.56. The summed E-state index contributed by atoms with van der Waals surface area (Å²) in [7, 11) is -1.31. The molecule has 0 radical (unpaired) electrons. The first kappa shape index (κ1) is 33.0. The van der Waals surface area contributed by atoms with Gasteiger partial charge in [0.25, 0.3) is 0 Å².